The lowest BCUT2D eigenvalue weighted by Gasteiger charge is -2.09. The number of aromatic nitrogens is 2. The van der Waals surface area contributed by atoms with Gasteiger partial charge in [-0.05, 0) is 25.1 Å². The van der Waals surface area contributed by atoms with Crippen LogP contribution in [-0.2, 0) is 23.6 Å². The van der Waals surface area contributed by atoms with Crippen LogP contribution in [-0.4, -0.2) is 25.3 Å². The van der Waals surface area contributed by atoms with E-state index in [1.165, 1.54) is 25.3 Å². The predicted molar refractivity (Wildman–Crippen MR) is 79.4 cm³/mol. The lowest BCUT2D eigenvalue weighted by Crippen LogP contribution is -2.23. The maximum absolute atomic E-state index is 12.2. The molecule has 0 amide bonds. The number of nitrogen functional groups attached to an aromatic ring is 1. The van der Waals surface area contributed by atoms with E-state index < -0.39 is 10.0 Å². The zero-order valence-electron chi connectivity index (χ0n) is 12.1. The fourth-order valence-corrected chi connectivity index (χ4v) is 2.89. The number of ether oxygens (including phenoxy) is 1. The number of sulfonamides is 1. The number of hydrogen-bond donors (Lipinski definition) is 2. The molecule has 2 rings (SSSR count). The van der Waals surface area contributed by atoms with Crippen LogP contribution in [0.4, 0.5) is 5.69 Å². The molecule has 0 radical (unpaired) electrons. The molecule has 7 nitrogen and oxygen atoms in total. The van der Waals surface area contributed by atoms with Gasteiger partial charge in [-0.15, -0.1) is 0 Å². The van der Waals surface area contributed by atoms with Gasteiger partial charge < -0.3 is 10.5 Å². The third-order valence-corrected chi connectivity index (χ3v) is 4.70. The monoisotopic (exact) mass is 310 g/mol. The van der Waals surface area contributed by atoms with Crippen LogP contribution in [0.5, 0.6) is 5.75 Å². The van der Waals surface area contributed by atoms with Crippen molar-refractivity contribution in [3.05, 3.63) is 35.7 Å². The van der Waals surface area contributed by atoms with Crippen LogP contribution in [0, 0.1) is 6.92 Å². The summed E-state index contributed by atoms with van der Waals surface area (Å²) in [6, 6.07) is 4.35. The Labute approximate surface area is 123 Å². The Balaban J connectivity index is 2.19. The van der Waals surface area contributed by atoms with Gasteiger partial charge in [-0.3, -0.25) is 4.68 Å². The van der Waals surface area contributed by atoms with E-state index in [9.17, 15) is 8.42 Å². The lowest BCUT2D eigenvalue weighted by molar-refractivity contribution is 0.416. The van der Waals surface area contributed by atoms with E-state index >= 15 is 0 Å². The highest BCUT2D eigenvalue weighted by molar-refractivity contribution is 7.89. The molecule has 0 aliphatic rings. The van der Waals surface area contributed by atoms with Crippen LogP contribution in [0.25, 0.3) is 0 Å². The maximum atomic E-state index is 12.2. The molecule has 0 saturated carbocycles. The van der Waals surface area contributed by atoms with Crippen molar-refractivity contribution in [1.82, 2.24) is 14.5 Å². The minimum absolute atomic E-state index is 0.0994. The highest BCUT2D eigenvalue weighted by Gasteiger charge is 2.16. The number of aryl methyl sites for hydroxylation is 1. The van der Waals surface area contributed by atoms with Crippen molar-refractivity contribution in [2.75, 3.05) is 12.8 Å². The SMILES string of the molecule is COc1ccc(S(=O)(=O)NCc2cnn(C)c2C)cc1N. The molecule has 0 atom stereocenters. The molecule has 1 aromatic heterocycles. The number of hydrogen-bond acceptors (Lipinski definition) is 5. The summed E-state index contributed by atoms with van der Waals surface area (Å²) in [6.07, 6.45) is 1.64. The zero-order chi connectivity index (χ0) is 15.6. The van der Waals surface area contributed by atoms with E-state index in [4.69, 9.17) is 10.5 Å². The summed E-state index contributed by atoms with van der Waals surface area (Å²) in [5.74, 6) is 0.442. The van der Waals surface area contributed by atoms with E-state index in [1.807, 2.05) is 6.92 Å². The Morgan fingerprint density at radius 2 is 2.14 bits per heavy atom. The molecule has 2 aromatic rings. The number of rotatable bonds is 5. The number of benzene rings is 1. The van der Waals surface area contributed by atoms with Crippen molar-refractivity contribution in [2.24, 2.45) is 7.05 Å². The summed E-state index contributed by atoms with van der Waals surface area (Å²) in [6.45, 7) is 2.05. The summed E-state index contributed by atoms with van der Waals surface area (Å²) in [5.41, 5.74) is 7.74. The second kappa shape index (κ2) is 5.74. The average molecular weight is 310 g/mol. The Kier molecular flexibility index (Phi) is 4.19. The molecule has 8 heteroatoms. The van der Waals surface area contributed by atoms with E-state index in [-0.39, 0.29) is 17.1 Å². The average Bonchev–Trinajstić information content (AvgIpc) is 2.76. The lowest BCUT2D eigenvalue weighted by atomic mass is 10.3. The molecular formula is C13H18N4O3S. The highest BCUT2D eigenvalue weighted by atomic mass is 32.2. The standard InChI is InChI=1S/C13H18N4O3S/c1-9-10(7-15-17(9)2)8-16-21(18,19)11-4-5-13(20-3)12(14)6-11/h4-7,16H,8,14H2,1-3H3. The molecular weight excluding hydrogens is 292 g/mol. The van der Waals surface area contributed by atoms with Gasteiger partial charge in [0.25, 0.3) is 0 Å². The first-order valence-corrected chi connectivity index (χ1v) is 7.74. The van der Waals surface area contributed by atoms with Gasteiger partial charge in [0.1, 0.15) is 5.75 Å². The maximum Gasteiger partial charge on any atom is 0.240 e. The molecule has 0 aliphatic heterocycles. The first kappa shape index (κ1) is 15.3. The number of methoxy groups -OCH3 is 1. The van der Waals surface area contributed by atoms with E-state index in [0.29, 0.717) is 5.75 Å². The van der Waals surface area contributed by atoms with Gasteiger partial charge in [-0.1, -0.05) is 0 Å². The number of nitrogens with one attached hydrogen (secondary N) is 1. The second-order valence-electron chi connectivity index (χ2n) is 4.61. The molecule has 3 N–H and O–H groups in total. The Hall–Kier alpha value is -2.06. The van der Waals surface area contributed by atoms with Gasteiger partial charge in [0.2, 0.25) is 10.0 Å². The van der Waals surface area contributed by atoms with Crippen LogP contribution in [0.15, 0.2) is 29.3 Å². The van der Waals surface area contributed by atoms with Crippen molar-refractivity contribution < 1.29 is 13.2 Å². The van der Waals surface area contributed by atoms with Gasteiger partial charge in [0.05, 0.1) is 23.9 Å². The normalized spacial score (nSPS) is 11.6. The predicted octanol–water partition coefficient (Wildman–Crippen LogP) is 0.798. The third-order valence-electron chi connectivity index (χ3n) is 3.30. The summed E-state index contributed by atoms with van der Waals surface area (Å²) in [7, 11) is -0.357. The summed E-state index contributed by atoms with van der Waals surface area (Å²) in [5, 5.41) is 4.07. The van der Waals surface area contributed by atoms with E-state index in [2.05, 4.69) is 9.82 Å². The van der Waals surface area contributed by atoms with E-state index in [0.717, 1.165) is 11.3 Å². The highest BCUT2D eigenvalue weighted by Crippen LogP contribution is 2.24. The number of nitrogens with zero attached hydrogens (tertiary/aromatic N) is 2. The van der Waals surface area contributed by atoms with Crippen molar-refractivity contribution in [3.8, 4) is 5.75 Å². The minimum Gasteiger partial charge on any atom is -0.495 e. The largest absolute Gasteiger partial charge is 0.495 e. The first-order chi connectivity index (χ1) is 9.85. The number of nitrogens with two attached hydrogens (primary N) is 1. The Morgan fingerprint density at radius 3 is 2.67 bits per heavy atom. The molecule has 0 aliphatic carbocycles. The van der Waals surface area contributed by atoms with Crippen molar-refractivity contribution >= 4 is 15.7 Å². The molecule has 0 fully saturated rings. The summed E-state index contributed by atoms with van der Waals surface area (Å²) >= 11 is 0. The molecule has 21 heavy (non-hydrogen) atoms. The fourth-order valence-electron chi connectivity index (χ4n) is 1.85. The molecule has 1 heterocycles. The molecule has 1 aromatic carbocycles. The van der Waals surface area contributed by atoms with Gasteiger partial charge in [0.15, 0.2) is 0 Å². The van der Waals surface area contributed by atoms with Gasteiger partial charge in [0, 0.05) is 24.8 Å². The van der Waals surface area contributed by atoms with Crippen molar-refractivity contribution in [1.29, 1.82) is 0 Å². The first-order valence-electron chi connectivity index (χ1n) is 6.26. The van der Waals surface area contributed by atoms with Crippen molar-refractivity contribution in [3.63, 3.8) is 0 Å². The van der Waals surface area contributed by atoms with Crippen LogP contribution in [0.2, 0.25) is 0 Å². The van der Waals surface area contributed by atoms with Crippen LogP contribution >= 0.6 is 0 Å². The Bertz CT molecular complexity index is 753. The number of anilines is 1. The molecule has 0 spiro atoms. The van der Waals surface area contributed by atoms with E-state index in [1.54, 1.807) is 17.9 Å². The second-order valence-corrected chi connectivity index (χ2v) is 6.37. The fraction of sp³-hybridized carbons (Fsp3) is 0.308. The molecule has 114 valence electrons. The van der Waals surface area contributed by atoms with Gasteiger partial charge >= 0.3 is 0 Å². The Morgan fingerprint density at radius 1 is 1.43 bits per heavy atom. The smallest absolute Gasteiger partial charge is 0.240 e. The third kappa shape index (κ3) is 3.17. The molecule has 0 bridgehead atoms. The van der Waals surface area contributed by atoms with Crippen molar-refractivity contribution in [2.45, 2.75) is 18.4 Å². The summed E-state index contributed by atoms with van der Waals surface area (Å²) in [4.78, 5) is 0.0994. The van der Waals surface area contributed by atoms with Gasteiger partial charge in [-0.25, -0.2) is 13.1 Å². The van der Waals surface area contributed by atoms with Crippen LogP contribution in [0.1, 0.15) is 11.3 Å². The minimum atomic E-state index is -3.64. The zero-order valence-corrected chi connectivity index (χ0v) is 12.9. The van der Waals surface area contributed by atoms with Crippen LogP contribution in [0.3, 0.4) is 0 Å². The molecule has 0 saturated heterocycles. The van der Waals surface area contributed by atoms with Gasteiger partial charge in [-0.2, -0.15) is 5.10 Å². The topological polar surface area (TPSA) is 99.2 Å². The van der Waals surface area contributed by atoms with Crippen LogP contribution < -0.4 is 15.2 Å². The quantitative estimate of drug-likeness (QED) is 0.796. The molecule has 0 unspecified atom stereocenters. The summed E-state index contributed by atoms with van der Waals surface area (Å²) < 4.78 is 33.7.